The van der Waals surface area contributed by atoms with E-state index in [0.29, 0.717) is 12.0 Å². The lowest BCUT2D eigenvalue weighted by Crippen LogP contribution is -2.31. The monoisotopic (exact) mass is 355 g/mol. The number of fused-ring (bicyclic) bond motifs is 5. The number of ether oxygens (including phenoxy) is 1. The van der Waals surface area contributed by atoms with Crippen LogP contribution in [-0.4, -0.2) is 18.6 Å². The molecular weight excluding hydrogens is 330 g/mol. The van der Waals surface area contributed by atoms with Gasteiger partial charge in [-0.2, -0.15) is 0 Å². The molecule has 136 valence electrons. The van der Waals surface area contributed by atoms with Crippen LogP contribution < -0.4 is 4.74 Å². The maximum atomic E-state index is 5.40. The lowest BCUT2D eigenvalue weighted by atomic mass is 9.93. The van der Waals surface area contributed by atoms with E-state index in [1.807, 2.05) is 6.07 Å². The summed E-state index contributed by atoms with van der Waals surface area (Å²) in [7, 11) is 1.73. The normalized spacial score (nSPS) is 21.1. The van der Waals surface area contributed by atoms with Gasteiger partial charge in [0.15, 0.2) is 0 Å². The Morgan fingerprint density at radius 2 is 1.74 bits per heavy atom. The average Bonchev–Trinajstić information content (AvgIpc) is 3.03. The third-order valence-corrected chi connectivity index (χ3v) is 6.23. The molecule has 5 rings (SSSR count). The van der Waals surface area contributed by atoms with E-state index in [1.165, 1.54) is 36.1 Å². The molecule has 0 saturated carbocycles. The zero-order valence-electron chi connectivity index (χ0n) is 15.8. The molecule has 0 radical (unpaired) electrons. The Bertz CT molecular complexity index is 950. The van der Waals surface area contributed by atoms with Crippen molar-refractivity contribution in [2.24, 2.45) is 0 Å². The van der Waals surface area contributed by atoms with Gasteiger partial charge in [0, 0.05) is 12.6 Å². The second kappa shape index (κ2) is 6.86. The molecule has 0 N–H and O–H groups in total. The van der Waals surface area contributed by atoms with Crippen LogP contribution in [0.4, 0.5) is 0 Å². The van der Waals surface area contributed by atoms with Crippen molar-refractivity contribution in [1.82, 2.24) is 4.90 Å². The van der Waals surface area contributed by atoms with E-state index in [1.54, 1.807) is 18.2 Å². The first-order chi connectivity index (χ1) is 13.3. The fourth-order valence-electron chi connectivity index (χ4n) is 4.84. The fourth-order valence-corrected chi connectivity index (χ4v) is 4.84. The predicted octanol–water partition coefficient (Wildman–Crippen LogP) is 5.80. The molecule has 2 aliphatic rings. The molecule has 27 heavy (non-hydrogen) atoms. The van der Waals surface area contributed by atoms with Crippen molar-refractivity contribution >= 4 is 0 Å². The summed E-state index contributed by atoms with van der Waals surface area (Å²) in [5.41, 5.74) is 7.06. The summed E-state index contributed by atoms with van der Waals surface area (Å²) >= 11 is 0. The molecule has 0 spiro atoms. The number of hydrogen-bond acceptors (Lipinski definition) is 2. The van der Waals surface area contributed by atoms with E-state index in [9.17, 15) is 0 Å². The lowest BCUT2D eigenvalue weighted by molar-refractivity contribution is 0.145. The highest BCUT2D eigenvalue weighted by Crippen LogP contribution is 2.50. The van der Waals surface area contributed by atoms with Gasteiger partial charge in [-0.3, -0.25) is 4.90 Å². The highest BCUT2D eigenvalue weighted by Gasteiger charge is 2.38. The van der Waals surface area contributed by atoms with Crippen LogP contribution in [0.2, 0.25) is 0 Å². The van der Waals surface area contributed by atoms with Gasteiger partial charge in [-0.05, 0) is 65.3 Å². The van der Waals surface area contributed by atoms with Gasteiger partial charge >= 0.3 is 0 Å². The van der Waals surface area contributed by atoms with Crippen LogP contribution in [0.1, 0.15) is 41.5 Å². The Balaban J connectivity index is 1.45. The zero-order chi connectivity index (χ0) is 18.2. The minimum Gasteiger partial charge on any atom is -0.497 e. The standard InChI is InChI=1S/C25H25NO/c1-27-22-9-5-8-19(14-22)20-10-11-23-24(15-20)21-12-13-26(25(23)16-21)17-18-6-3-2-4-7-18/h2-11,14-15,21,25H,12-13,16-17H2,1H3. The summed E-state index contributed by atoms with van der Waals surface area (Å²) < 4.78 is 5.40. The van der Waals surface area contributed by atoms with Gasteiger partial charge in [0.25, 0.3) is 0 Å². The van der Waals surface area contributed by atoms with E-state index in [4.69, 9.17) is 4.74 Å². The van der Waals surface area contributed by atoms with Gasteiger partial charge in [0.2, 0.25) is 0 Å². The van der Waals surface area contributed by atoms with Gasteiger partial charge in [0.1, 0.15) is 5.75 Å². The highest BCUT2D eigenvalue weighted by atomic mass is 16.5. The average molecular weight is 355 g/mol. The fraction of sp³-hybridized carbons (Fsp3) is 0.280. The Hall–Kier alpha value is -2.58. The summed E-state index contributed by atoms with van der Waals surface area (Å²) in [6, 6.07) is 26.9. The van der Waals surface area contributed by atoms with Crippen molar-refractivity contribution in [3.8, 4) is 16.9 Å². The molecule has 2 atom stereocenters. The molecule has 2 heteroatoms. The van der Waals surface area contributed by atoms with Crippen molar-refractivity contribution in [1.29, 1.82) is 0 Å². The maximum Gasteiger partial charge on any atom is 0.119 e. The molecule has 2 bridgehead atoms. The summed E-state index contributed by atoms with van der Waals surface area (Å²) in [6.07, 6.45) is 2.53. The largest absolute Gasteiger partial charge is 0.497 e. The van der Waals surface area contributed by atoms with Crippen molar-refractivity contribution in [2.75, 3.05) is 13.7 Å². The van der Waals surface area contributed by atoms with Crippen LogP contribution in [-0.2, 0) is 6.54 Å². The smallest absolute Gasteiger partial charge is 0.119 e. The Kier molecular flexibility index (Phi) is 4.21. The first-order valence-electron chi connectivity index (χ1n) is 9.88. The van der Waals surface area contributed by atoms with E-state index in [2.05, 4.69) is 71.6 Å². The van der Waals surface area contributed by atoms with E-state index < -0.39 is 0 Å². The molecule has 0 amide bonds. The number of methoxy groups -OCH3 is 1. The van der Waals surface area contributed by atoms with Gasteiger partial charge < -0.3 is 4.74 Å². The topological polar surface area (TPSA) is 12.5 Å². The molecule has 1 fully saturated rings. The quantitative estimate of drug-likeness (QED) is 0.587. The van der Waals surface area contributed by atoms with Crippen LogP contribution in [0.15, 0.2) is 72.8 Å². The van der Waals surface area contributed by atoms with Crippen LogP contribution in [0.5, 0.6) is 5.75 Å². The molecular formula is C25H25NO. The number of likely N-dealkylation sites (tertiary alicyclic amines) is 1. The molecule has 0 aromatic heterocycles. The Morgan fingerprint density at radius 1 is 0.889 bits per heavy atom. The van der Waals surface area contributed by atoms with Crippen molar-refractivity contribution in [3.05, 3.63) is 89.5 Å². The van der Waals surface area contributed by atoms with E-state index in [0.717, 1.165) is 12.3 Å². The maximum absolute atomic E-state index is 5.40. The Morgan fingerprint density at radius 3 is 2.59 bits per heavy atom. The molecule has 1 heterocycles. The van der Waals surface area contributed by atoms with Gasteiger partial charge in [-0.1, -0.05) is 60.7 Å². The van der Waals surface area contributed by atoms with Gasteiger partial charge in [-0.15, -0.1) is 0 Å². The van der Waals surface area contributed by atoms with E-state index >= 15 is 0 Å². The van der Waals surface area contributed by atoms with Crippen LogP contribution in [0.25, 0.3) is 11.1 Å². The summed E-state index contributed by atoms with van der Waals surface area (Å²) in [4.78, 5) is 2.67. The van der Waals surface area contributed by atoms with Crippen molar-refractivity contribution in [3.63, 3.8) is 0 Å². The molecule has 1 aliphatic carbocycles. The van der Waals surface area contributed by atoms with E-state index in [-0.39, 0.29) is 0 Å². The number of piperidine rings is 1. The number of nitrogens with zero attached hydrogens (tertiary/aromatic N) is 1. The lowest BCUT2D eigenvalue weighted by Gasteiger charge is -2.33. The second-order valence-corrected chi connectivity index (χ2v) is 7.77. The minimum absolute atomic E-state index is 0.568. The first-order valence-corrected chi connectivity index (χ1v) is 9.88. The van der Waals surface area contributed by atoms with Crippen molar-refractivity contribution in [2.45, 2.75) is 31.3 Å². The second-order valence-electron chi connectivity index (χ2n) is 7.77. The minimum atomic E-state index is 0.568. The van der Waals surface area contributed by atoms with Gasteiger partial charge in [-0.25, -0.2) is 0 Å². The number of hydrogen-bond donors (Lipinski definition) is 0. The third kappa shape index (κ3) is 3.04. The number of benzene rings is 3. The molecule has 3 aromatic carbocycles. The molecule has 1 saturated heterocycles. The van der Waals surface area contributed by atoms with Gasteiger partial charge in [0.05, 0.1) is 7.11 Å². The summed E-state index contributed by atoms with van der Waals surface area (Å²) in [6.45, 7) is 2.24. The molecule has 2 nitrogen and oxygen atoms in total. The summed E-state index contributed by atoms with van der Waals surface area (Å²) in [5, 5.41) is 0. The zero-order valence-corrected chi connectivity index (χ0v) is 15.8. The van der Waals surface area contributed by atoms with Crippen LogP contribution in [0, 0.1) is 0 Å². The highest BCUT2D eigenvalue weighted by molar-refractivity contribution is 5.67. The third-order valence-electron chi connectivity index (χ3n) is 6.23. The molecule has 1 aliphatic heterocycles. The number of rotatable bonds is 4. The first kappa shape index (κ1) is 16.6. The predicted molar refractivity (Wildman–Crippen MR) is 110 cm³/mol. The molecule has 3 aromatic rings. The molecule has 2 unspecified atom stereocenters. The summed E-state index contributed by atoms with van der Waals surface area (Å²) in [5.74, 6) is 1.63. The Labute approximate surface area is 161 Å². The van der Waals surface area contributed by atoms with Crippen molar-refractivity contribution < 1.29 is 4.74 Å². The van der Waals surface area contributed by atoms with Crippen LogP contribution >= 0.6 is 0 Å². The SMILES string of the molecule is COc1cccc(-c2ccc3c(c2)C2CCN(Cc4ccccc4)C3C2)c1. The van der Waals surface area contributed by atoms with Crippen LogP contribution in [0.3, 0.4) is 0 Å².